The van der Waals surface area contributed by atoms with Crippen molar-refractivity contribution in [2.45, 2.75) is 37.6 Å². The molecule has 5 nitrogen and oxygen atoms in total. The number of benzene rings is 3. The summed E-state index contributed by atoms with van der Waals surface area (Å²) in [6, 6.07) is 23.1. The fourth-order valence-corrected chi connectivity index (χ4v) is 4.51. The van der Waals surface area contributed by atoms with E-state index in [-0.39, 0.29) is 4.90 Å². The second-order valence-electron chi connectivity index (χ2n) is 7.52. The Morgan fingerprint density at radius 1 is 0.967 bits per heavy atom. The molecule has 0 spiro atoms. The molecule has 0 amide bonds. The molecule has 0 aliphatic heterocycles. The van der Waals surface area contributed by atoms with Gasteiger partial charge in [-0.25, -0.2) is 8.42 Å². The van der Waals surface area contributed by atoms with Crippen LogP contribution in [-0.4, -0.2) is 18.2 Å². The van der Waals surface area contributed by atoms with Gasteiger partial charge in [0.15, 0.2) is 5.82 Å². The van der Waals surface area contributed by atoms with Crippen molar-refractivity contribution in [1.29, 1.82) is 0 Å². The quantitative estimate of drug-likeness (QED) is 0.436. The van der Waals surface area contributed by atoms with Gasteiger partial charge in [0.25, 0.3) is 10.0 Å². The lowest BCUT2D eigenvalue weighted by molar-refractivity contribution is 0.600. The molecule has 0 saturated carbocycles. The van der Waals surface area contributed by atoms with Gasteiger partial charge >= 0.3 is 0 Å². The SMILES string of the molecule is CCC(C)c1ccc(S(=O)(=O)Nc2ccn(Cc3cccc4ccccc34)n2)cc1. The van der Waals surface area contributed by atoms with Crippen LogP contribution in [0.2, 0.25) is 0 Å². The third-order valence-corrected chi connectivity index (χ3v) is 6.83. The molecule has 0 aliphatic carbocycles. The van der Waals surface area contributed by atoms with Gasteiger partial charge in [-0.3, -0.25) is 9.40 Å². The number of nitrogens with zero attached hydrogens (tertiary/aromatic N) is 2. The Hall–Kier alpha value is -3.12. The van der Waals surface area contributed by atoms with E-state index in [9.17, 15) is 8.42 Å². The fourth-order valence-electron chi connectivity index (χ4n) is 3.52. The number of sulfonamides is 1. The van der Waals surface area contributed by atoms with E-state index in [2.05, 4.69) is 47.9 Å². The van der Waals surface area contributed by atoms with Crippen LogP contribution in [0.4, 0.5) is 5.82 Å². The number of rotatable bonds is 7. The highest BCUT2D eigenvalue weighted by Gasteiger charge is 2.16. The Morgan fingerprint density at radius 3 is 2.47 bits per heavy atom. The third kappa shape index (κ3) is 4.24. The molecule has 1 unspecified atom stereocenters. The lowest BCUT2D eigenvalue weighted by Crippen LogP contribution is -2.14. The third-order valence-electron chi connectivity index (χ3n) is 5.46. The van der Waals surface area contributed by atoms with Crippen molar-refractivity contribution in [3.05, 3.63) is 90.1 Å². The van der Waals surface area contributed by atoms with Gasteiger partial charge < -0.3 is 0 Å². The van der Waals surface area contributed by atoms with E-state index in [1.165, 1.54) is 10.8 Å². The lowest BCUT2D eigenvalue weighted by atomic mass is 9.99. The Bertz CT molecular complexity index is 1260. The minimum absolute atomic E-state index is 0.234. The topological polar surface area (TPSA) is 64.0 Å². The first kappa shape index (κ1) is 20.2. The standard InChI is InChI=1S/C24H25N3O2S/c1-3-18(2)19-11-13-22(14-12-19)30(28,29)26-24-15-16-27(25-24)17-21-9-6-8-20-7-4-5-10-23(20)21/h4-16,18H,3,17H2,1-2H3,(H,25,26). The van der Waals surface area contributed by atoms with E-state index in [0.717, 1.165) is 17.5 Å². The number of hydrogen-bond acceptors (Lipinski definition) is 3. The maximum atomic E-state index is 12.7. The molecule has 1 atom stereocenters. The molecule has 1 aromatic heterocycles. The zero-order valence-electron chi connectivity index (χ0n) is 17.1. The summed E-state index contributed by atoms with van der Waals surface area (Å²) in [6.45, 7) is 4.81. The highest BCUT2D eigenvalue weighted by molar-refractivity contribution is 7.92. The number of anilines is 1. The molecule has 0 radical (unpaired) electrons. The van der Waals surface area contributed by atoms with E-state index >= 15 is 0 Å². The second-order valence-corrected chi connectivity index (χ2v) is 9.20. The van der Waals surface area contributed by atoms with E-state index < -0.39 is 10.0 Å². The Kier molecular flexibility index (Phi) is 5.59. The van der Waals surface area contributed by atoms with Crippen molar-refractivity contribution < 1.29 is 8.42 Å². The number of hydrogen-bond donors (Lipinski definition) is 1. The lowest BCUT2D eigenvalue weighted by Gasteiger charge is -2.10. The molecule has 4 aromatic rings. The summed E-state index contributed by atoms with van der Waals surface area (Å²) in [5, 5.41) is 6.74. The molecule has 0 fully saturated rings. The first-order valence-electron chi connectivity index (χ1n) is 10.1. The Morgan fingerprint density at radius 2 is 1.70 bits per heavy atom. The predicted octanol–water partition coefficient (Wildman–Crippen LogP) is 5.40. The minimum atomic E-state index is -3.68. The largest absolute Gasteiger partial charge is 0.266 e. The maximum absolute atomic E-state index is 12.7. The maximum Gasteiger partial charge on any atom is 0.263 e. The minimum Gasteiger partial charge on any atom is -0.266 e. The monoisotopic (exact) mass is 419 g/mol. The van der Waals surface area contributed by atoms with Crippen LogP contribution in [0, 0.1) is 0 Å². The van der Waals surface area contributed by atoms with E-state index in [0.29, 0.717) is 18.3 Å². The summed E-state index contributed by atoms with van der Waals surface area (Å²) in [5.74, 6) is 0.709. The predicted molar refractivity (Wildman–Crippen MR) is 121 cm³/mol. The average molecular weight is 420 g/mol. The van der Waals surface area contributed by atoms with Crippen LogP contribution in [0.3, 0.4) is 0 Å². The van der Waals surface area contributed by atoms with Crippen LogP contribution in [0.5, 0.6) is 0 Å². The fraction of sp³-hybridized carbons (Fsp3) is 0.208. The molecule has 154 valence electrons. The second kappa shape index (κ2) is 8.32. The van der Waals surface area contributed by atoms with Crippen LogP contribution in [-0.2, 0) is 16.6 Å². The normalized spacial score (nSPS) is 12.7. The van der Waals surface area contributed by atoms with Crippen molar-refractivity contribution in [1.82, 2.24) is 9.78 Å². The summed E-state index contributed by atoms with van der Waals surface area (Å²) in [6.07, 6.45) is 2.80. The molecule has 0 saturated heterocycles. The summed E-state index contributed by atoms with van der Waals surface area (Å²) < 4.78 is 29.8. The van der Waals surface area contributed by atoms with Crippen LogP contribution < -0.4 is 4.72 Å². The molecule has 6 heteroatoms. The summed E-state index contributed by atoms with van der Waals surface area (Å²) in [4.78, 5) is 0.234. The number of fused-ring (bicyclic) bond motifs is 1. The first-order valence-corrected chi connectivity index (χ1v) is 11.6. The summed E-state index contributed by atoms with van der Waals surface area (Å²) >= 11 is 0. The molecule has 4 rings (SSSR count). The van der Waals surface area contributed by atoms with Crippen molar-refractivity contribution in [2.24, 2.45) is 0 Å². The molecule has 30 heavy (non-hydrogen) atoms. The van der Waals surface area contributed by atoms with Gasteiger partial charge in [-0.2, -0.15) is 5.10 Å². The van der Waals surface area contributed by atoms with Crippen LogP contribution >= 0.6 is 0 Å². The molecule has 0 aliphatic rings. The molecule has 1 heterocycles. The molecule has 3 aromatic carbocycles. The average Bonchev–Trinajstić information content (AvgIpc) is 3.19. The van der Waals surface area contributed by atoms with Crippen molar-refractivity contribution in [2.75, 3.05) is 4.72 Å². The van der Waals surface area contributed by atoms with Gasteiger partial charge in [-0.1, -0.05) is 68.4 Å². The van der Waals surface area contributed by atoms with E-state index in [4.69, 9.17) is 0 Å². The Labute approximate surface area is 177 Å². The molecule has 1 N–H and O–H groups in total. The van der Waals surface area contributed by atoms with Gasteiger partial charge in [0.05, 0.1) is 11.4 Å². The summed E-state index contributed by atoms with van der Waals surface area (Å²) in [5.41, 5.74) is 2.27. The van der Waals surface area contributed by atoms with E-state index in [1.54, 1.807) is 29.1 Å². The smallest absolute Gasteiger partial charge is 0.263 e. The first-order chi connectivity index (χ1) is 14.5. The van der Waals surface area contributed by atoms with Gasteiger partial charge in [0.2, 0.25) is 0 Å². The van der Waals surface area contributed by atoms with Crippen LogP contribution in [0.15, 0.2) is 83.9 Å². The number of nitrogens with one attached hydrogen (secondary N) is 1. The zero-order valence-corrected chi connectivity index (χ0v) is 17.9. The van der Waals surface area contributed by atoms with Gasteiger partial charge in [-0.05, 0) is 46.4 Å². The van der Waals surface area contributed by atoms with Crippen LogP contribution in [0.25, 0.3) is 10.8 Å². The van der Waals surface area contributed by atoms with Crippen molar-refractivity contribution in [3.8, 4) is 0 Å². The highest BCUT2D eigenvalue weighted by atomic mass is 32.2. The van der Waals surface area contributed by atoms with Crippen molar-refractivity contribution >= 4 is 26.6 Å². The van der Waals surface area contributed by atoms with Gasteiger partial charge in [-0.15, -0.1) is 0 Å². The highest BCUT2D eigenvalue weighted by Crippen LogP contribution is 2.22. The van der Waals surface area contributed by atoms with Crippen LogP contribution in [0.1, 0.15) is 37.3 Å². The van der Waals surface area contributed by atoms with Crippen molar-refractivity contribution in [3.63, 3.8) is 0 Å². The zero-order chi connectivity index (χ0) is 21.1. The van der Waals surface area contributed by atoms with E-state index in [1.807, 2.05) is 30.3 Å². The van der Waals surface area contributed by atoms with Gasteiger partial charge in [0, 0.05) is 12.3 Å². The molecular weight excluding hydrogens is 394 g/mol. The van der Waals surface area contributed by atoms with Gasteiger partial charge in [0.1, 0.15) is 0 Å². The Balaban J connectivity index is 1.51. The molecular formula is C24H25N3O2S. The number of aromatic nitrogens is 2. The summed E-state index contributed by atoms with van der Waals surface area (Å²) in [7, 11) is -3.68. The molecule has 0 bridgehead atoms.